The lowest BCUT2D eigenvalue weighted by Crippen LogP contribution is -2.02. The van der Waals surface area contributed by atoms with Crippen LogP contribution in [-0.2, 0) is 0 Å². The van der Waals surface area contributed by atoms with Crippen LogP contribution >= 0.6 is 0 Å². The maximum atomic E-state index is 8.69. The average Bonchev–Trinajstić information content (AvgIpc) is 2.16. The van der Waals surface area contributed by atoms with Gasteiger partial charge in [0.25, 0.3) is 0 Å². The molecule has 0 atom stereocenters. The van der Waals surface area contributed by atoms with E-state index in [0.717, 1.165) is 5.69 Å². The molecule has 0 aliphatic carbocycles. The molecule has 0 aliphatic heterocycles. The lowest BCUT2D eigenvalue weighted by atomic mass is 10.1. The quantitative estimate of drug-likeness (QED) is 0.540. The average molecular weight is 173 g/mol. The molecule has 0 aromatic heterocycles. The van der Waals surface area contributed by atoms with Crippen molar-refractivity contribution in [3.63, 3.8) is 0 Å². The zero-order chi connectivity index (χ0) is 9.68. The minimum atomic E-state index is 0.492. The van der Waals surface area contributed by atoms with E-state index in [9.17, 15) is 0 Å². The van der Waals surface area contributed by atoms with E-state index in [0.29, 0.717) is 17.8 Å². The lowest BCUT2D eigenvalue weighted by molar-refractivity contribution is 1.34. The third-order valence-electron chi connectivity index (χ3n) is 1.66. The number of rotatable bonds is 3. The fourth-order valence-electron chi connectivity index (χ4n) is 0.999. The second-order valence-corrected chi connectivity index (χ2v) is 2.55. The number of benzene rings is 1. The van der Waals surface area contributed by atoms with Crippen LogP contribution in [0.4, 0.5) is 11.4 Å². The summed E-state index contributed by atoms with van der Waals surface area (Å²) in [7, 11) is 0. The van der Waals surface area contributed by atoms with Crippen LogP contribution in [0, 0.1) is 11.3 Å². The molecule has 0 aliphatic rings. The van der Waals surface area contributed by atoms with Gasteiger partial charge in [-0.25, -0.2) is 0 Å². The van der Waals surface area contributed by atoms with Crippen LogP contribution in [0.25, 0.3) is 0 Å². The summed E-state index contributed by atoms with van der Waals surface area (Å²) < 4.78 is 0. The van der Waals surface area contributed by atoms with E-state index in [2.05, 4.69) is 11.9 Å². The number of nitrogens with zero attached hydrogens (tertiary/aromatic N) is 1. The first-order chi connectivity index (χ1) is 6.29. The minimum absolute atomic E-state index is 0.492. The maximum Gasteiger partial charge on any atom is 0.101 e. The molecule has 0 spiro atoms. The van der Waals surface area contributed by atoms with Crippen molar-refractivity contribution in [3.05, 3.63) is 36.4 Å². The molecule has 0 amide bonds. The molecule has 0 radical (unpaired) electrons. The third-order valence-corrected chi connectivity index (χ3v) is 1.66. The molecular formula is C10H11N3. The number of para-hydroxylation sites is 1. The molecule has 66 valence electrons. The Morgan fingerprint density at radius 3 is 3.00 bits per heavy atom. The van der Waals surface area contributed by atoms with E-state index in [4.69, 9.17) is 11.0 Å². The van der Waals surface area contributed by atoms with Gasteiger partial charge >= 0.3 is 0 Å². The van der Waals surface area contributed by atoms with Crippen molar-refractivity contribution < 1.29 is 0 Å². The van der Waals surface area contributed by atoms with E-state index < -0.39 is 0 Å². The Bertz CT molecular complexity index is 350. The lowest BCUT2D eigenvalue weighted by Gasteiger charge is -2.07. The van der Waals surface area contributed by atoms with E-state index in [1.54, 1.807) is 18.2 Å². The van der Waals surface area contributed by atoms with Gasteiger partial charge in [-0.15, -0.1) is 6.58 Å². The largest absolute Gasteiger partial charge is 0.396 e. The van der Waals surface area contributed by atoms with Crippen LogP contribution in [-0.4, -0.2) is 6.54 Å². The highest BCUT2D eigenvalue weighted by molar-refractivity contribution is 5.72. The molecule has 0 bridgehead atoms. The summed E-state index contributed by atoms with van der Waals surface area (Å²) in [4.78, 5) is 0. The van der Waals surface area contributed by atoms with Crippen LogP contribution in [0.5, 0.6) is 0 Å². The molecule has 0 saturated carbocycles. The van der Waals surface area contributed by atoms with Gasteiger partial charge in [0.2, 0.25) is 0 Å². The van der Waals surface area contributed by atoms with Gasteiger partial charge in [0, 0.05) is 6.54 Å². The Morgan fingerprint density at radius 1 is 1.62 bits per heavy atom. The predicted octanol–water partition coefficient (Wildman–Crippen LogP) is 1.74. The van der Waals surface area contributed by atoms with E-state index >= 15 is 0 Å². The van der Waals surface area contributed by atoms with E-state index in [-0.39, 0.29) is 0 Å². The molecule has 3 heteroatoms. The van der Waals surface area contributed by atoms with E-state index in [1.807, 2.05) is 12.1 Å². The topological polar surface area (TPSA) is 61.8 Å². The SMILES string of the molecule is C=CCNc1cccc(C#N)c1N. The zero-order valence-electron chi connectivity index (χ0n) is 7.25. The van der Waals surface area contributed by atoms with Crippen LogP contribution < -0.4 is 11.1 Å². The summed E-state index contributed by atoms with van der Waals surface area (Å²) >= 11 is 0. The Morgan fingerprint density at radius 2 is 2.38 bits per heavy atom. The second-order valence-electron chi connectivity index (χ2n) is 2.55. The van der Waals surface area contributed by atoms with Gasteiger partial charge in [-0.2, -0.15) is 5.26 Å². The van der Waals surface area contributed by atoms with Gasteiger partial charge in [0.15, 0.2) is 0 Å². The summed E-state index contributed by atoms with van der Waals surface area (Å²) in [6.45, 7) is 4.22. The normalized spacial score (nSPS) is 8.85. The molecule has 0 fully saturated rings. The van der Waals surface area contributed by atoms with E-state index in [1.165, 1.54) is 0 Å². The second kappa shape index (κ2) is 4.17. The van der Waals surface area contributed by atoms with Crippen molar-refractivity contribution in [2.24, 2.45) is 0 Å². The highest BCUT2D eigenvalue weighted by Gasteiger charge is 2.01. The van der Waals surface area contributed by atoms with Crippen LogP contribution in [0.1, 0.15) is 5.56 Å². The molecule has 13 heavy (non-hydrogen) atoms. The number of nitrogens with two attached hydrogens (primary N) is 1. The maximum absolute atomic E-state index is 8.69. The van der Waals surface area contributed by atoms with Crippen molar-refractivity contribution in [2.75, 3.05) is 17.6 Å². The Hall–Kier alpha value is -1.95. The first-order valence-corrected chi connectivity index (χ1v) is 3.93. The van der Waals surface area contributed by atoms with Crippen molar-refractivity contribution in [3.8, 4) is 6.07 Å². The number of anilines is 2. The van der Waals surface area contributed by atoms with Gasteiger partial charge < -0.3 is 11.1 Å². The molecule has 1 aromatic carbocycles. The number of nitrogens with one attached hydrogen (secondary N) is 1. The molecule has 0 saturated heterocycles. The molecule has 1 rings (SSSR count). The molecule has 3 N–H and O–H groups in total. The number of nitriles is 1. The zero-order valence-corrected chi connectivity index (χ0v) is 7.25. The summed E-state index contributed by atoms with van der Waals surface area (Å²) in [6.07, 6.45) is 1.73. The minimum Gasteiger partial charge on any atom is -0.396 e. The monoisotopic (exact) mass is 173 g/mol. The van der Waals surface area contributed by atoms with Gasteiger partial charge in [0.05, 0.1) is 16.9 Å². The summed E-state index contributed by atoms with van der Waals surface area (Å²) in [5, 5.41) is 11.7. The highest BCUT2D eigenvalue weighted by Crippen LogP contribution is 2.21. The highest BCUT2D eigenvalue weighted by atomic mass is 14.9. The van der Waals surface area contributed by atoms with Crippen LogP contribution in [0.15, 0.2) is 30.9 Å². The molecule has 0 unspecified atom stereocenters. The molecule has 3 nitrogen and oxygen atoms in total. The Labute approximate surface area is 77.5 Å². The van der Waals surface area contributed by atoms with Crippen molar-refractivity contribution in [1.29, 1.82) is 5.26 Å². The Kier molecular flexibility index (Phi) is 2.93. The predicted molar refractivity (Wildman–Crippen MR) is 54.3 cm³/mol. The first-order valence-electron chi connectivity index (χ1n) is 3.93. The third kappa shape index (κ3) is 2.00. The molecular weight excluding hydrogens is 162 g/mol. The van der Waals surface area contributed by atoms with Crippen LogP contribution in [0.3, 0.4) is 0 Å². The number of hydrogen-bond donors (Lipinski definition) is 2. The number of nitrogen functional groups attached to an aromatic ring is 1. The van der Waals surface area contributed by atoms with Gasteiger partial charge in [0.1, 0.15) is 6.07 Å². The van der Waals surface area contributed by atoms with Gasteiger partial charge in [-0.3, -0.25) is 0 Å². The van der Waals surface area contributed by atoms with Gasteiger partial charge in [-0.05, 0) is 12.1 Å². The van der Waals surface area contributed by atoms with Gasteiger partial charge in [-0.1, -0.05) is 12.1 Å². The summed E-state index contributed by atoms with van der Waals surface area (Å²) in [5.41, 5.74) is 7.48. The summed E-state index contributed by atoms with van der Waals surface area (Å²) in [6, 6.07) is 7.34. The first kappa shape index (κ1) is 9.14. The Balaban J connectivity index is 2.95. The smallest absolute Gasteiger partial charge is 0.101 e. The standard InChI is InChI=1S/C10H11N3/c1-2-6-13-9-5-3-4-8(7-11)10(9)12/h2-5,13H,1,6,12H2. The fraction of sp³-hybridized carbons (Fsp3) is 0.100. The number of hydrogen-bond acceptors (Lipinski definition) is 3. The van der Waals surface area contributed by atoms with Crippen molar-refractivity contribution in [1.82, 2.24) is 0 Å². The van der Waals surface area contributed by atoms with Crippen LogP contribution in [0.2, 0.25) is 0 Å². The fourth-order valence-corrected chi connectivity index (χ4v) is 0.999. The van der Waals surface area contributed by atoms with Crippen molar-refractivity contribution in [2.45, 2.75) is 0 Å². The van der Waals surface area contributed by atoms with Crippen molar-refractivity contribution >= 4 is 11.4 Å². The molecule has 1 aromatic rings. The summed E-state index contributed by atoms with van der Waals surface area (Å²) in [5.74, 6) is 0. The molecule has 0 heterocycles.